The third kappa shape index (κ3) is 4.57. The Bertz CT molecular complexity index is 804. The molecular weight excluding hydrogens is 344 g/mol. The van der Waals surface area contributed by atoms with Crippen LogP contribution >= 0.6 is 22.9 Å². The van der Waals surface area contributed by atoms with E-state index in [-0.39, 0.29) is 12.5 Å². The lowest BCUT2D eigenvalue weighted by Gasteiger charge is -2.08. The highest BCUT2D eigenvalue weighted by Gasteiger charge is 2.05. The summed E-state index contributed by atoms with van der Waals surface area (Å²) in [4.78, 5) is 16.2. The van der Waals surface area contributed by atoms with Gasteiger partial charge in [-0.1, -0.05) is 11.6 Å². The molecule has 0 aliphatic heterocycles. The van der Waals surface area contributed by atoms with E-state index in [1.165, 1.54) is 0 Å². The van der Waals surface area contributed by atoms with Crippen LogP contribution in [-0.2, 0) is 11.3 Å². The minimum Gasteiger partial charge on any atom is -0.484 e. The first-order chi connectivity index (χ1) is 11.7. The van der Waals surface area contributed by atoms with Crippen LogP contribution in [0.2, 0.25) is 5.02 Å². The molecule has 0 aliphatic carbocycles. The van der Waals surface area contributed by atoms with Crippen molar-refractivity contribution in [3.05, 3.63) is 70.0 Å². The lowest BCUT2D eigenvalue weighted by Crippen LogP contribution is -2.28. The van der Waals surface area contributed by atoms with Crippen LogP contribution in [0, 0.1) is 0 Å². The monoisotopic (exact) mass is 358 g/mol. The molecule has 0 atom stereocenters. The zero-order valence-corrected chi connectivity index (χ0v) is 14.3. The minimum absolute atomic E-state index is 0.0376. The Kier molecular flexibility index (Phi) is 5.46. The molecule has 2 heterocycles. The zero-order chi connectivity index (χ0) is 16.8. The normalized spacial score (nSPS) is 10.4. The van der Waals surface area contributed by atoms with Gasteiger partial charge in [-0.05, 0) is 53.4 Å². The molecule has 0 unspecified atom stereocenters. The molecule has 4 nitrogen and oxygen atoms in total. The van der Waals surface area contributed by atoms with Crippen LogP contribution < -0.4 is 10.1 Å². The van der Waals surface area contributed by atoms with Crippen LogP contribution in [0.15, 0.2) is 59.4 Å². The average Bonchev–Trinajstić information content (AvgIpc) is 3.14. The summed E-state index contributed by atoms with van der Waals surface area (Å²) in [5.74, 6) is 0.428. The number of nitrogens with zero attached hydrogens (tertiary/aromatic N) is 1. The molecule has 1 amide bonds. The SMILES string of the molecule is O=C(COc1ccc(Cl)cc1)NCc1ccnc(-c2ccsc2)c1. The Balaban J connectivity index is 1.51. The molecule has 1 aromatic carbocycles. The number of hydrogen-bond acceptors (Lipinski definition) is 4. The number of halogens is 1. The molecule has 0 fully saturated rings. The predicted molar refractivity (Wildman–Crippen MR) is 96.3 cm³/mol. The first-order valence-corrected chi connectivity index (χ1v) is 8.65. The van der Waals surface area contributed by atoms with Gasteiger partial charge in [0, 0.05) is 28.7 Å². The lowest BCUT2D eigenvalue weighted by atomic mass is 10.1. The number of amides is 1. The standard InChI is InChI=1S/C18H15ClN2O2S/c19-15-1-3-16(4-2-15)23-11-18(22)21-10-13-5-7-20-17(9-13)14-6-8-24-12-14/h1-9,12H,10-11H2,(H,21,22). The van der Waals surface area contributed by atoms with Crippen LogP contribution in [0.1, 0.15) is 5.56 Å². The highest BCUT2D eigenvalue weighted by atomic mass is 35.5. The van der Waals surface area contributed by atoms with Crippen molar-refractivity contribution in [3.63, 3.8) is 0 Å². The molecule has 122 valence electrons. The van der Waals surface area contributed by atoms with Gasteiger partial charge in [0.15, 0.2) is 6.61 Å². The summed E-state index contributed by atoms with van der Waals surface area (Å²) in [6.45, 7) is 0.395. The average molecular weight is 359 g/mol. The number of rotatable bonds is 6. The maximum Gasteiger partial charge on any atom is 0.258 e. The summed E-state index contributed by atoms with van der Waals surface area (Å²) in [6.07, 6.45) is 1.75. The molecule has 24 heavy (non-hydrogen) atoms. The van der Waals surface area contributed by atoms with Crippen LogP contribution in [0.3, 0.4) is 0 Å². The highest BCUT2D eigenvalue weighted by Crippen LogP contribution is 2.20. The van der Waals surface area contributed by atoms with Gasteiger partial charge in [-0.3, -0.25) is 9.78 Å². The van der Waals surface area contributed by atoms with E-state index in [0.717, 1.165) is 16.8 Å². The fourth-order valence-electron chi connectivity index (χ4n) is 2.08. The minimum atomic E-state index is -0.182. The number of ether oxygens (including phenoxy) is 1. The molecule has 2 aromatic heterocycles. The van der Waals surface area contributed by atoms with Crippen molar-refractivity contribution < 1.29 is 9.53 Å². The largest absolute Gasteiger partial charge is 0.484 e. The summed E-state index contributed by atoms with van der Waals surface area (Å²) in [5, 5.41) is 7.53. The first kappa shape index (κ1) is 16.5. The molecule has 0 radical (unpaired) electrons. The number of thiophene rings is 1. The summed E-state index contributed by atoms with van der Waals surface area (Å²) in [5.41, 5.74) is 2.98. The van der Waals surface area contributed by atoms with Crippen molar-refractivity contribution in [2.24, 2.45) is 0 Å². The topological polar surface area (TPSA) is 51.2 Å². The molecule has 3 aromatic rings. The van der Waals surface area contributed by atoms with Gasteiger partial charge in [-0.15, -0.1) is 0 Å². The van der Waals surface area contributed by atoms with E-state index in [1.807, 2.05) is 29.0 Å². The van der Waals surface area contributed by atoms with Crippen LogP contribution in [0.4, 0.5) is 0 Å². The maximum absolute atomic E-state index is 11.9. The van der Waals surface area contributed by atoms with Crippen molar-refractivity contribution in [1.29, 1.82) is 0 Å². The van der Waals surface area contributed by atoms with Gasteiger partial charge >= 0.3 is 0 Å². The van der Waals surface area contributed by atoms with E-state index < -0.39 is 0 Å². The first-order valence-electron chi connectivity index (χ1n) is 7.33. The molecule has 0 spiro atoms. The second kappa shape index (κ2) is 7.95. The predicted octanol–water partition coefficient (Wildman–Crippen LogP) is 4.16. The Labute approximate surface area is 149 Å². The third-order valence-electron chi connectivity index (χ3n) is 3.31. The molecular formula is C18H15ClN2O2S. The van der Waals surface area contributed by atoms with Gasteiger partial charge in [0.1, 0.15) is 5.75 Å². The Morgan fingerprint density at radius 2 is 2.04 bits per heavy atom. The summed E-state index contributed by atoms with van der Waals surface area (Å²) in [6, 6.07) is 12.8. The highest BCUT2D eigenvalue weighted by molar-refractivity contribution is 7.08. The van der Waals surface area contributed by atoms with Gasteiger partial charge in [-0.25, -0.2) is 0 Å². The second-order valence-corrected chi connectivity index (χ2v) is 6.30. The Hall–Kier alpha value is -2.37. The molecule has 0 bridgehead atoms. The van der Waals surface area contributed by atoms with Crippen molar-refractivity contribution in [2.75, 3.05) is 6.61 Å². The number of carbonyl (C=O) groups excluding carboxylic acids is 1. The molecule has 3 rings (SSSR count). The van der Waals surface area contributed by atoms with Crippen molar-refractivity contribution in [3.8, 4) is 17.0 Å². The van der Waals surface area contributed by atoms with Crippen LogP contribution in [0.5, 0.6) is 5.75 Å². The number of hydrogen-bond donors (Lipinski definition) is 1. The van der Waals surface area contributed by atoms with Crippen LogP contribution in [0.25, 0.3) is 11.3 Å². The van der Waals surface area contributed by atoms with E-state index in [2.05, 4.69) is 10.3 Å². The van der Waals surface area contributed by atoms with E-state index in [1.54, 1.807) is 41.8 Å². The lowest BCUT2D eigenvalue weighted by molar-refractivity contribution is -0.123. The van der Waals surface area contributed by atoms with Crippen molar-refractivity contribution in [2.45, 2.75) is 6.54 Å². The quantitative estimate of drug-likeness (QED) is 0.719. The van der Waals surface area contributed by atoms with E-state index >= 15 is 0 Å². The number of benzene rings is 1. The smallest absolute Gasteiger partial charge is 0.258 e. The van der Waals surface area contributed by atoms with Crippen LogP contribution in [-0.4, -0.2) is 17.5 Å². The number of pyridine rings is 1. The Morgan fingerprint density at radius 1 is 1.21 bits per heavy atom. The van der Waals surface area contributed by atoms with Gasteiger partial charge < -0.3 is 10.1 Å². The Morgan fingerprint density at radius 3 is 2.79 bits per heavy atom. The second-order valence-electron chi connectivity index (χ2n) is 5.08. The maximum atomic E-state index is 11.9. The summed E-state index contributed by atoms with van der Waals surface area (Å²) >= 11 is 7.43. The summed E-state index contributed by atoms with van der Waals surface area (Å²) in [7, 11) is 0. The molecule has 0 saturated heterocycles. The fraction of sp³-hybridized carbons (Fsp3) is 0.111. The molecule has 0 saturated carbocycles. The molecule has 1 N–H and O–H groups in total. The molecule has 0 aliphatic rings. The fourth-order valence-corrected chi connectivity index (χ4v) is 2.86. The van der Waals surface area contributed by atoms with E-state index in [0.29, 0.717) is 17.3 Å². The zero-order valence-electron chi connectivity index (χ0n) is 12.7. The third-order valence-corrected chi connectivity index (χ3v) is 4.25. The van der Waals surface area contributed by atoms with Crippen molar-refractivity contribution >= 4 is 28.8 Å². The number of nitrogens with one attached hydrogen (secondary N) is 1. The van der Waals surface area contributed by atoms with Gasteiger partial charge in [0.25, 0.3) is 5.91 Å². The summed E-state index contributed by atoms with van der Waals surface area (Å²) < 4.78 is 5.41. The van der Waals surface area contributed by atoms with Gasteiger partial charge in [0.2, 0.25) is 0 Å². The van der Waals surface area contributed by atoms with Gasteiger partial charge in [0.05, 0.1) is 5.69 Å². The number of carbonyl (C=O) groups is 1. The van der Waals surface area contributed by atoms with E-state index in [9.17, 15) is 4.79 Å². The van der Waals surface area contributed by atoms with Gasteiger partial charge in [-0.2, -0.15) is 11.3 Å². The van der Waals surface area contributed by atoms with E-state index in [4.69, 9.17) is 16.3 Å². The molecule has 6 heteroatoms. The number of aromatic nitrogens is 1. The van der Waals surface area contributed by atoms with Crippen molar-refractivity contribution in [1.82, 2.24) is 10.3 Å².